The molecular formula is C14H11ClN2O. The number of furan rings is 1. The van der Waals surface area contributed by atoms with E-state index in [9.17, 15) is 0 Å². The molecule has 4 heteroatoms. The Morgan fingerprint density at radius 1 is 1.06 bits per heavy atom. The van der Waals surface area contributed by atoms with Gasteiger partial charge in [-0.3, -0.25) is 0 Å². The molecule has 3 rings (SSSR count). The van der Waals surface area contributed by atoms with E-state index in [1.807, 2.05) is 44.2 Å². The molecule has 0 bridgehead atoms. The van der Waals surface area contributed by atoms with Gasteiger partial charge in [-0.1, -0.05) is 29.8 Å². The summed E-state index contributed by atoms with van der Waals surface area (Å²) in [6.07, 6.45) is 0. The molecule has 0 radical (unpaired) electrons. The number of hydrogen-bond acceptors (Lipinski definition) is 3. The zero-order valence-electron chi connectivity index (χ0n) is 10.1. The van der Waals surface area contributed by atoms with E-state index in [4.69, 9.17) is 16.0 Å². The summed E-state index contributed by atoms with van der Waals surface area (Å²) in [7, 11) is 0. The van der Waals surface area contributed by atoms with Crippen molar-refractivity contribution >= 4 is 22.6 Å². The van der Waals surface area contributed by atoms with Gasteiger partial charge in [0.25, 0.3) is 0 Å². The Hall–Kier alpha value is -1.87. The SMILES string of the molecule is Cc1c(Cl)nnc(-c2cc3ccccc3o2)c1C. The number of rotatable bonds is 1. The maximum absolute atomic E-state index is 5.95. The smallest absolute Gasteiger partial charge is 0.155 e. The van der Waals surface area contributed by atoms with Gasteiger partial charge in [-0.2, -0.15) is 0 Å². The largest absolute Gasteiger partial charge is 0.454 e. The predicted molar refractivity (Wildman–Crippen MR) is 71.7 cm³/mol. The van der Waals surface area contributed by atoms with Crippen LogP contribution in [0.2, 0.25) is 5.15 Å². The summed E-state index contributed by atoms with van der Waals surface area (Å²) in [5, 5.41) is 9.56. The Morgan fingerprint density at radius 3 is 2.61 bits per heavy atom. The van der Waals surface area contributed by atoms with Crippen LogP contribution in [0, 0.1) is 13.8 Å². The number of halogens is 1. The molecule has 0 spiro atoms. The molecule has 3 nitrogen and oxygen atoms in total. The lowest BCUT2D eigenvalue weighted by Crippen LogP contribution is -1.95. The maximum atomic E-state index is 5.95. The molecule has 2 aromatic heterocycles. The number of nitrogens with zero attached hydrogens (tertiary/aromatic N) is 2. The standard InChI is InChI=1S/C14H11ClN2O/c1-8-9(2)14(15)17-16-13(8)12-7-10-5-3-4-6-11(10)18-12/h3-7H,1-2H3. The highest BCUT2D eigenvalue weighted by molar-refractivity contribution is 6.30. The van der Waals surface area contributed by atoms with Crippen LogP contribution in [-0.4, -0.2) is 10.2 Å². The number of para-hydroxylation sites is 1. The van der Waals surface area contributed by atoms with Crippen LogP contribution in [0.4, 0.5) is 0 Å². The van der Waals surface area contributed by atoms with Crippen molar-refractivity contribution < 1.29 is 4.42 Å². The minimum Gasteiger partial charge on any atom is -0.454 e. The summed E-state index contributed by atoms with van der Waals surface area (Å²) in [5.74, 6) is 0.723. The minimum atomic E-state index is 0.437. The molecule has 0 saturated heterocycles. The van der Waals surface area contributed by atoms with Gasteiger partial charge in [-0.25, -0.2) is 0 Å². The summed E-state index contributed by atoms with van der Waals surface area (Å²) in [5.41, 5.74) is 3.52. The van der Waals surface area contributed by atoms with Gasteiger partial charge < -0.3 is 4.42 Å². The van der Waals surface area contributed by atoms with Gasteiger partial charge in [0.2, 0.25) is 0 Å². The van der Waals surface area contributed by atoms with E-state index in [2.05, 4.69) is 10.2 Å². The van der Waals surface area contributed by atoms with Crippen molar-refractivity contribution in [3.8, 4) is 11.5 Å². The van der Waals surface area contributed by atoms with Gasteiger partial charge in [0.15, 0.2) is 10.9 Å². The van der Waals surface area contributed by atoms with Crippen molar-refractivity contribution in [2.75, 3.05) is 0 Å². The van der Waals surface area contributed by atoms with E-state index in [1.165, 1.54) is 0 Å². The van der Waals surface area contributed by atoms with Crippen molar-refractivity contribution in [2.24, 2.45) is 0 Å². The molecule has 0 aliphatic heterocycles. The number of benzene rings is 1. The molecule has 0 aliphatic carbocycles. The summed E-state index contributed by atoms with van der Waals surface area (Å²) in [4.78, 5) is 0. The lowest BCUT2D eigenvalue weighted by atomic mass is 10.1. The Kier molecular flexibility index (Phi) is 2.56. The van der Waals surface area contributed by atoms with E-state index in [0.29, 0.717) is 5.15 Å². The van der Waals surface area contributed by atoms with Crippen molar-refractivity contribution in [1.82, 2.24) is 10.2 Å². The van der Waals surface area contributed by atoms with Gasteiger partial charge in [0, 0.05) is 5.39 Å². The monoisotopic (exact) mass is 258 g/mol. The zero-order valence-corrected chi connectivity index (χ0v) is 10.8. The summed E-state index contributed by atoms with van der Waals surface area (Å²) >= 11 is 5.95. The molecule has 90 valence electrons. The minimum absolute atomic E-state index is 0.437. The van der Waals surface area contributed by atoms with Crippen LogP contribution in [0.1, 0.15) is 11.1 Å². The fourth-order valence-electron chi connectivity index (χ4n) is 1.91. The van der Waals surface area contributed by atoms with Crippen LogP contribution >= 0.6 is 11.6 Å². The average Bonchev–Trinajstić information content (AvgIpc) is 2.79. The van der Waals surface area contributed by atoms with Crippen molar-refractivity contribution in [1.29, 1.82) is 0 Å². The lowest BCUT2D eigenvalue weighted by molar-refractivity contribution is 0.626. The van der Waals surface area contributed by atoms with Gasteiger partial charge in [-0.05, 0) is 37.1 Å². The van der Waals surface area contributed by atoms with Crippen LogP contribution in [0.25, 0.3) is 22.4 Å². The van der Waals surface area contributed by atoms with Gasteiger partial charge in [0.05, 0.1) is 0 Å². The lowest BCUT2D eigenvalue weighted by Gasteiger charge is -2.04. The predicted octanol–water partition coefficient (Wildman–Crippen LogP) is 4.16. The molecule has 0 saturated carbocycles. The average molecular weight is 259 g/mol. The molecule has 0 amide bonds. The van der Waals surface area contributed by atoms with Crippen LogP contribution in [0.15, 0.2) is 34.7 Å². The Bertz CT molecular complexity index is 701. The van der Waals surface area contributed by atoms with E-state index < -0.39 is 0 Å². The van der Waals surface area contributed by atoms with Crippen LogP contribution in [0.3, 0.4) is 0 Å². The van der Waals surface area contributed by atoms with E-state index in [-0.39, 0.29) is 0 Å². The van der Waals surface area contributed by atoms with Gasteiger partial charge in [-0.15, -0.1) is 10.2 Å². The second-order valence-electron chi connectivity index (χ2n) is 4.24. The van der Waals surface area contributed by atoms with Crippen LogP contribution < -0.4 is 0 Å². The summed E-state index contributed by atoms with van der Waals surface area (Å²) in [6, 6.07) is 9.84. The molecule has 1 aromatic carbocycles. The molecule has 3 aromatic rings. The Balaban J connectivity index is 2.23. The molecule has 0 atom stereocenters. The highest BCUT2D eigenvalue weighted by atomic mass is 35.5. The number of aromatic nitrogens is 2. The highest BCUT2D eigenvalue weighted by Crippen LogP contribution is 2.30. The molecule has 0 unspecified atom stereocenters. The van der Waals surface area contributed by atoms with Crippen LogP contribution in [0.5, 0.6) is 0 Å². The third-order valence-electron chi connectivity index (χ3n) is 3.12. The summed E-state index contributed by atoms with van der Waals surface area (Å²) in [6.45, 7) is 3.90. The van der Waals surface area contributed by atoms with Crippen molar-refractivity contribution in [2.45, 2.75) is 13.8 Å². The summed E-state index contributed by atoms with van der Waals surface area (Å²) < 4.78 is 5.78. The third kappa shape index (κ3) is 1.68. The van der Waals surface area contributed by atoms with E-state index in [0.717, 1.165) is 33.6 Å². The molecule has 18 heavy (non-hydrogen) atoms. The fourth-order valence-corrected chi connectivity index (χ4v) is 2.09. The number of fused-ring (bicyclic) bond motifs is 1. The molecule has 0 aliphatic rings. The first kappa shape index (κ1) is 11.2. The normalized spacial score (nSPS) is 11.1. The third-order valence-corrected chi connectivity index (χ3v) is 3.48. The highest BCUT2D eigenvalue weighted by Gasteiger charge is 2.13. The first-order valence-corrected chi connectivity index (χ1v) is 6.03. The second kappa shape index (κ2) is 4.10. The zero-order chi connectivity index (χ0) is 12.7. The topological polar surface area (TPSA) is 38.9 Å². The van der Waals surface area contributed by atoms with Crippen LogP contribution in [-0.2, 0) is 0 Å². The Labute approximate surface area is 109 Å². The Morgan fingerprint density at radius 2 is 1.83 bits per heavy atom. The van der Waals surface area contributed by atoms with Gasteiger partial charge >= 0.3 is 0 Å². The van der Waals surface area contributed by atoms with Gasteiger partial charge in [0.1, 0.15) is 11.3 Å². The second-order valence-corrected chi connectivity index (χ2v) is 4.60. The van der Waals surface area contributed by atoms with Crippen molar-refractivity contribution in [3.05, 3.63) is 46.6 Å². The molecular weight excluding hydrogens is 248 g/mol. The molecule has 0 fully saturated rings. The maximum Gasteiger partial charge on any atom is 0.155 e. The number of hydrogen-bond donors (Lipinski definition) is 0. The molecule has 2 heterocycles. The first-order valence-electron chi connectivity index (χ1n) is 5.65. The van der Waals surface area contributed by atoms with Crippen molar-refractivity contribution in [3.63, 3.8) is 0 Å². The van der Waals surface area contributed by atoms with E-state index >= 15 is 0 Å². The molecule has 0 N–H and O–H groups in total. The fraction of sp³-hybridized carbons (Fsp3) is 0.143. The van der Waals surface area contributed by atoms with E-state index in [1.54, 1.807) is 0 Å². The quantitative estimate of drug-likeness (QED) is 0.658. The first-order chi connectivity index (χ1) is 8.66.